The van der Waals surface area contributed by atoms with E-state index in [4.69, 9.17) is 0 Å². The molecule has 1 unspecified atom stereocenters. The molecule has 0 aromatic carbocycles. The molecule has 1 aliphatic heterocycles. The Kier molecular flexibility index (Phi) is 2.24. The molecule has 0 aliphatic carbocycles. The summed E-state index contributed by atoms with van der Waals surface area (Å²) in [7, 11) is -3.75. The summed E-state index contributed by atoms with van der Waals surface area (Å²) < 4.78 is 25.1. The number of nitrogens with one attached hydrogen (secondary N) is 1. The Hall–Kier alpha value is -0.170. The van der Waals surface area contributed by atoms with Gasteiger partial charge >= 0.3 is 10.3 Å². The molecule has 1 rings (SSSR count). The lowest BCUT2D eigenvalue weighted by Gasteiger charge is -2.05. The first-order valence-electron chi connectivity index (χ1n) is 3.00. The minimum atomic E-state index is -3.75. The van der Waals surface area contributed by atoms with Gasteiger partial charge in [0.15, 0.2) is 0 Å². The Morgan fingerprint density at radius 3 is 2.70 bits per heavy atom. The molecule has 1 atom stereocenters. The molecule has 0 amide bonds. The van der Waals surface area contributed by atoms with Crippen LogP contribution < -0.4 is 10.5 Å². The Balaban J connectivity index is 2.38. The summed E-state index contributed by atoms with van der Waals surface area (Å²) in [5.74, 6) is 0. The van der Waals surface area contributed by atoms with Gasteiger partial charge in [0.2, 0.25) is 0 Å². The first kappa shape index (κ1) is 7.93. The van der Waals surface area contributed by atoms with Gasteiger partial charge in [-0.3, -0.25) is 4.18 Å². The van der Waals surface area contributed by atoms with E-state index in [2.05, 4.69) is 14.6 Å². The van der Waals surface area contributed by atoms with E-state index in [0.29, 0.717) is 13.0 Å². The predicted molar refractivity (Wildman–Crippen MR) is 35.5 cm³/mol. The largest absolute Gasteiger partial charge is 0.333 e. The van der Waals surface area contributed by atoms with Crippen LogP contribution in [0.2, 0.25) is 0 Å². The van der Waals surface area contributed by atoms with Crippen molar-refractivity contribution in [2.24, 2.45) is 5.14 Å². The van der Waals surface area contributed by atoms with Crippen molar-refractivity contribution < 1.29 is 12.6 Å². The van der Waals surface area contributed by atoms with Crippen molar-refractivity contribution in [1.29, 1.82) is 0 Å². The first-order valence-corrected chi connectivity index (χ1v) is 4.47. The quantitative estimate of drug-likeness (QED) is 0.527. The molecule has 5 nitrogen and oxygen atoms in total. The summed E-state index contributed by atoms with van der Waals surface area (Å²) in [5.41, 5.74) is 0. The monoisotopic (exact) mass is 166 g/mol. The third-order valence-corrected chi connectivity index (χ3v) is 1.83. The van der Waals surface area contributed by atoms with Crippen molar-refractivity contribution >= 4 is 10.3 Å². The summed E-state index contributed by atoms with van der Waals surface area (Å²) in [6.07, 6.45) is 0.436. The maximum absolute atomic E-state index is 10.3. The Morgan fingerprint density at radius 1 is 1.60 bits per heavy atom. The second-order valence-corrected chi connectivity index (χ2v) is 3.38. The minimum Gasteiger partial charge on any atom is -0.314 e. The molecular formula is C4H10N2O3S. The van der Waals surface area contributed by atoms with Crippen molar-refractivity contribution in [3.63, 3.8) is 0 Å². The van der Waals surface area contributed by atoms with Gasteiger partial charge in [-0.2, -0.15) is 8.42 Å². The molecule has 1 fully saturated rings. The second-order valence-electron chi connectivity index (χ2n) is 2.20. The van der Waals surface area contributed by atoms with Gasteiger partial charge in [-0.25, -0.2) is 5.14 Å². The van der Waals surface area contributed by atoms with E-state index in [9.17, 15) is 8.42 Å². The lowest BCUT2D eigenvalue weighted by Crippen LogP contribution is -2.25. The summed E-state index contributed by atoms with van der Waals surface area (Å²) in [4.78, 5) is 0. The number of rotatable bonds is 2. The zero-order chi connectivity index (χ0) is 7.61. The van der Waals surface area contributed by atoms with Gasteiger partial charge in [0.05, 0.1) is 6.10 Å². The molecule has 10 heavy (non-hydrogen) atoms. The molecule has 3 N–H and O–H groups in total. The molecule has 0 bridgehead atoms. The van der Waals surface area contributed by atoms with Crippen LogP contribution in [0.5, 0.6) is 0 Å². The van der Waals surface area contributed by atoms with E-state index in [-0.39, 0.29) is 6.10 Å². The van der Waals surface area contributed by atoms with Crippen LogP contribution in [-0.2, 0) is 14.5 Å². The number of nitrogens with two attached hydrogens (primary N) is 1. The average Bonchev–Trinajstić information content (AvgIpc) is 2.12. The fourth-order valence-corrected chi connectivity index (χ4v) is 1.44. The fraction of sp³-hybridized carbons (Fsp3) is 1.00. The van der Waals surface area contributed by atoms with Gasteiger partial charge in [-0.05, 0) is 13.0 Å². The van der Waals surface area contributed by atoms with E-state index in [1.165, 1.54) is 0 Å². The highest BCUT2D eigenvalue weighted by atomic mass is 32.2. The first-order chi connectivity index (χ1) is 4.58. The second kappa shape index (κ2) is 2.83. The minimum absolute atomic E-state index is 0.269. The van der Waals surface area contributed by atoms with E-state index in [0.717, 1.165) is 6.54 Å². The van der Waals surface area contributed by atoms with Crippen molar-refractivity contribution in [2.75, 3.05) is 13.1 Å². The highest BCUT2D eigenvalue weighted by molar-refractivity contribution is 7.84. The van der Waals surface area contributed by atoms with E-state index in [1.807, 2.05) is 0 Å². The maximum Gasteiger partial charge on any atom is 0.333 e. The van der Waals surface area contributed by atoms with Crippen LogP contribution in [-0.4, -0.2) is 27.6 Å². The van der Waals surface area contributed by atoms with Crippen LogP contribution >= 0.6 is 0 Å². The maximum atomic E-state index is 10.3. The van der Waals surface area contributed by atoms with Gasteiger partial charge in [-0.1, -0.05) is 0 Å². The Bertz CT molecular complexity index is 195. The molecule has 6 heteroatoms. The van der Waals surface area contributed by atoms with Crippen molar-refractivity contribution in [2.45, 2.75) is 12.5 Å². The molecule has 0 radical (unpaired) electrons. The smallest absolute Gasteiger partial charge is 0.314 e. The molecule has 0 aromatic heterocycles. The predicted octanol–water partition coefficient (Wildman–Crippen LogP) is -1.43. The van der Waals surface area contributed by atoms with Gasteiger partial charge < -0.3 is 5.32 Å². The van der Waals surface area contributed by atoms with Gasteiger partial charge in [-0.15, -0.1) is 0 Å². The van der Waals surface area contributed by atoms with Crippen LogP contribution in [0.25, 0.3) is 0 Å². The van der Waals surface area contributed by atoms with Crippen LogP contribution in [0.1, 0.15) is 6.42 Å². The van der Waals surface area contributed by atoms with Crippen LogP contribution in [0.15, 0.2) is 0 Å². The standard InChI is InChI=1S/C4H10N2O3S/c5-10(7,8)9-4-1-2-6-3-4/h4,6H,1-3H2,(H2,5,7,8). The van der Waals surface area contributed by atoms with E-state index in [1.54, 1.807) is 0 Å². The summed E-state index contributed by atoms with van der Waals surface area (Å²) in [5, 5.41) is 7.59. The van der Waals surface area contributed by atoms with Gasteiger partial charge in [0, 0.05) is 6.54 Å². The molecule has 1 heterocycles. The molecule has 0 aromatic rings. The van der Waals surface area contributed by atoms with Crippen LogP contribution in [0.3, 0.4) is 0 Å². The zero-order valence-electron chi connectivity index (χ0n) is 5.41. The third kappa shape index (κ3) is 2.61. The summed E-state index contributed by atoms with van der Waals surface area (Å²) in [6.45, 7) is 1.36. The van der Waals surface area contributed by atoms with Gasteiger partial charge in [0.1, 0.15) is 0 Å². The Labute approximate surface area is 59.8 Å². The third-order valence-electron chi connectivity index (χ3n) is 1.29. The number of hydrogen-bond acceptors (Lipinski definition) is 4. The van der Waals surface area contributed by atoms with E-state index >= 15 is 0 Å². The molecule has 0 saturated carbocycles. The van der Waals surface area contributed by atoms with E-state index < -0.39 is 10.3 Å². The lowest BCUT2D eigenvalue weighted by atomic mass is 10.3. The molecule has 60 valence electrons. The Morgan fingerprint density at radius 2 is 2.30 bits per heavy atom. The molecule has 1 aliphatic rings. The molecular weight excluding hydrogens is 156 g/mol. The number of hydrogen-bond donors (Lipinski definition) is 2. The topological polar surface area (TPSA) is 81.4 Å². The fourth-order valence-electron chi connectivity index (χ4n) is 0.900. The zero-order valence-corrected chi connectivity index (χ0v) is 6.23. The summed E-state index contributed by atoms with van der Waals surface area (Å²) >= 11 is 0. The molecule has 1 saturated heterocycles. The lowest BCUT2D eigenvalue weighted by molar-refractivity contribution is 0.230. The highest BCUT2D eigenvalue weighted by Crippen LogP contribution is 2.04. The van der Waals surface area contributed by atoms with Crippen molar-refractivity contribution in [3.05, 3.63) is 0 Å². The average molecular weight is 166 g/mol. The molecule has 0 spiro atoms. The van der Waals surface area contributed by atoms with Crippen LogP contribution in [0.4, 0.5) is 0 Å². The SMILES string of the molecule is NS(=O)(=O)OC1CCNC1. The van der Waals surface area contributed by atoms with Crippen LogP contribution in [0, 0.1) is 0 Å². The van der Waals surface area contributed by atoms with Crippen molar-refractivity contribution in [1.82, 2.24) is 5.32 Å². The van der Waals surface area contributed by atoms with Crippen molar-refractivity contribution in [3.8, 4) is 0 Å². The normalized spacial score (nSPS) is 27.1. The summed E-state index contributed by atoms with van der Waals surface area (Å²) in [6, 6.07) is 0. The highest BCUT2D eigenvalue weighted by Gasteiger charge is 2.19. The van der Waals surface area contributed by atoms with Gasteiger partial charge in [0.25, 0.3) is 0 Å².